The van der Waals surface area contributed by atoms with Crippen molar-refractivity contribution >= 4 is 17.6 Å². The molecule has 116 valence electrons. The molecule has 1 saturated carbocycles. The van der Waals surface area contributed by atoms with E-state index in [4.69, 9.17) is 4.74 Å². The molecule has 21 heavy (non-hydrogen) atoms. The zero-order valence-electron chi connectivity index (χ0n) is 12.1. The first-order chi connectivity index (χ1) is 10.1. The number of anilines is 1. The molecule has 2 unspecified atom stereocenters. The van der Waals surface area contributed by atoms with E-state index in [-0.39, 0.29) is 17.9 Å². The Bertz CT molecular complexity index is 513. The highest BCUT2D eigenvalue weighted by molar-refractivity contribution is 7.98. The van der Waals surface area contributed by atoms with Crippen molar-refractivity contribution in [1.82, 2.24) is 9.97 Å². The van der Waals surface area contributed by atoms with E-state index in [0.29, 0.717) is 23.4 Å². The van der Waals surface area contributed by atoms with Crippen molar-refractivity contribution in [2.24, 2.45) is 5.92 Å². The Morgan fingerprint density at radius 3 is 2.71 bits per heavy atom. The summed E-state index contributed by atoms with van der Waals surface area (Å²) in [4.78, 5) is 10.3. The van der Waals surface area contributed by atoms with E-state index in [0.717, 1.165) is 6.54 Å². The van der Waals surface area contributed by atoms with Crippen LogP contribution in [0.1, 0.15) is 31.9 Å². The fraction of sp³-hybridized carbons (Fsp3) is 0.714. The smallest absolute Gasteiger partial charge is 0.280 e. The van der Waals surface area contributed by atoms with Gasteiger partial charge in [-0.15, -0.1) is 0 Å². The van der Waals surface area contributed by atoms with Crippen molar-refractivity contribution in [1.29, 1.82) is 0 Å². The predicted octanol–water partition coefficient (Wildman–Crippen LogP) is 3.14. The van der Waals surface area contributed by atoms with Gasteiger partial charge in [-0.25, -0.2) is 18.7 Å². The number of aromatic nitrogens is 2. The molecule has 2 fully saturated rings. The van der Waals surface area contributed by atoms with Gasteiger partial charge in [0.1, 0.15) is 11.5 Å². The number of morpholine rings is 1. The molecule has 0 radical (unpaired) electrons. The zero-order chi connectivity index (χ0) is 15.0. The minimum absolute atomic E-state index is 0.0899. The van der Waals surface area contributed by atoms with Gasteiger partial charge < -0.3 is 9.64 Å². The molecule has 0 aromatic carbocycles. The van der Waals surface area contributed by atoms with Crippen LogP contribution in [-0.2, 0) is 4.74 Å². The summed E-state index contributed by atoms with van der Waals surface area (Å²) in [6.07, 6.45) is 1.91. The summed E-state index contributed by atoms with van der Waals surface area (Å²) in [6, 6.07) is 1.41. The molecule has 1 saturated heterocycles. The van der Waals surface area contributed by atoms with Crippen LogP contribution >= 0.6 is 11.8 Å². The van der Waals surface area contributed by atoms with Gasteiger partial charge in [0.25, 0.3) is 6.43 Å². The molecule has 1 aliphatic heterocycles. The number of nitrogens with zero attached hydrogens (tertiary/aromatic N) is 3. The number of hydrogen-bond donors (Lipinski definition) is 0. The van der Waals surface area contributed by atoms with Crippen molar-refractivity contribution in [3.63, 3.8) is 0 Å². The van der Waals surface area contributed by atoms with Crippen LogP contribution in [0, 0.1) is 5.92 Å². The van der Waals surface area contributed by atoms with E-state index in [1.807, 2.05) is 6.92 Å². The molecule has 7 heteroatoms. The molecular weight excluding hydrogens is 296 g/mol. The highest BCUT2D eigenvalue weighted by Gasteiger charge is 2.37. The van der Waals surface area contributed by atoms with Gasteiger partial charge in [-0.3, -0.25) is 0 Å². The summed E-state index contributed by atoms with van der Waals surface area (Å²) in [7, 11) is 0. The number of alkyl halides is 2. The molecule has 1 aromatic heterocycles. The maximum absolute atomic E-state index is 13.0. The maximum Gasteiger partial charge on any atom is 0.280 e. The average molecular weight is 315 g/mol. The molecule has 4 nitrogen and oxygen atoms in total. The third-order valence-corrected chi connectivity index (χ3v) is 4.42. The lowest BCUT2D eigenvalue weighted by molar-refractivity contribution is -0.0274. The number of rotatable bonds is 4. The van der Waals surface area contributed by atoms with Gasteiger partial charge in [0, 0.05) is 19.2 Å². The Morgan fingerprint density at radius 1 is 1.33 bits per heavy atom. The zero-order valence-corrected chi connectivity index (χ0v) is 12.9. The van der Waals surface area contributed by atoms with E-state index in [2.05, 4.69) is 14.9 Å². The first-order valence-electron chi connectivity index (χ1n) is 7.18. The molecule has 2 aliphatic rings. The normalized spacial score (nSPS) is 26.4. The summed E-state index contributed by atoms with van der Waals surface area (Å²) >= 11 is 1.29. The third-order valence-electron chi connectivity index (χ3n) is 3.87. The summed E-state index contributed by atoms with van der Waals surface area (Å²) in [6.45, 7) is 3.42. The number of halogens is 2. The van der Waals surface area contributed by atoms with Gasteiger partial charge >= 0.3 is 0 Å². The van der Waals surface area contributed by atoms with Gasteiger partial charge in [0.05, 0.1) is 12.2 Å². The highest BCUT2D eigenvalue weighted by Crippen LogP contribution is 2.37. The molecule has 0 amide bonds. The van der Waals surface area contributed by atoms with Crippen LogP contribution in [0.5, 0.6) is 0 Å². The second-order valence-corrected chi connectivity index (χ2v) is 6.44. The number of hydrogen-bond acceptors (Lipinski definition) is 5. The van der Waals surface area contributed by atoms with Crippen LogP contribution in [0.4, 0.5) is 14.6 Å². The largest absolute Gasteiger partial charge is 0.371 e. The Labute approximate surface area is 127 Å². The molecule has 1 aliphatic carbocycles. The van der Waals surface area contributed by atoms with Crippen LogP contribution < -0.4 is 4.90 Å². The summed E-state index contributed by atoms with van der Waals surface area (Å²) in [5.41, 5.74) is -0.202. The van der Waals surface area contributed by atoms with E-state index in [1.165, 1.54) is 30.7 Å². The first kappa shape index (κ1) is 15.0. The lowest BCUT2D eigenvalue weighted by atomic mass is 10.1. The monoisotopic (exact) mass is 315 g/mol. The van der Waals surface area contributed by atoms with Crippen molar-refractivity contribution in [3.8, 4) is 0 Å². The van der Waals surface area contributed by atoms with Gasteiger partial charge in [0.15, 0.2) is 5.16 Å². The van der Waals surface area contributed by atoms with Crippen molar-refractivity contribution in [2.75, 3.05) is 24.2 Å². The fourth-order valence-electron chi connectivity index (χ4n) is 2.70. The molecular formula is C14H19F2N3OS. The van der Waals surface area contributed by atoms with Crippen LogP contribution in [0.3, 0.4) is 0 Å². The van der Waals surface area contributed by atoms with Gasteiger partial charge in [-0.05, 0) is 31.9 Å². The Morgan fingerprint density at radius 2 is 2.10 bits per heavy atom. The average Bonchev–Trinajstić information content (AvgIpc) is 3.30. The lowest BCUT2D eigenvalue weighted by Gasteiger charge is -2.37. The van der Waals surface area contributed by atoms with Crippen LogP contribution in [-0.4, -0.2) is 41.5 Å². The second-order valence-electron chi connectivity index (χ2n) is 5.67. The lowest BCUT2D eigenvalue weighted by Crippen LogP contribution is -2.48. The number of ether oxygens (including phenoxy) is 1. The third kappa shape index (κ3) is 3.45. The van der Waals surface area contributed by atoms with Crippen molar-refractivity contribution in [2.45, 2.75) is 43.6 Å². The van der Waals surface area contributed by atoms with Crippen LogP contribution in [0.2, 0.25) is 0 Å². The van der Waals surface area contributed by atoms with Crippen molar-refractivity contribution < 1.29 is 13.5 Å². The standard InChI is InChI=1S/C14H19F2N3OS/c1-8-6-19(7-11(20-8)9-3-4-9)12-5-10(13(15)16)17-14(18-12)21-2/h5,8-9,11,13H,3-4,6-7H2,1-2H3. The Kier molecular flexibility index (Phi) is 4.31. The van der Waals surface area contributed by atoms with Gasteiger partial charge in [0.2, 0.25) is 0 Å². The Hall–Kier alpha value is -0.950. The van der Waals surface area contributed by atoms with E-state index >= 15 is 0 Å². The maximum atomic E-state index is 13.0. The summed E-state index contributed by atoms with van der Waals surface area (Å²) in [5.74, 6) is 1.21. The van der Waals surface area contributed by atoms with E-state index in [9.17, 15) is 8.78 Å². The number of thioether (sulfide) groups is 1. The molecule has 1 aromatic rings. The highest BCUT2D eigenvalue weighted by atomic mass is 32.2. The molecule has 0 bridgehead atoms. The summed E-state index contributed by atoms with van der Waals surface area (Å²) in [5, 5.41) is 0.393. The topological polar surface area (TPSA) is 38.2 Å². The van der Waals surface area contributed by atoms with Crippen molar-refractivity contribution in [3.05, 3.63) is 11.8 Å². The molecule has 0 N–H and O–H groups in total. The molecule has 2 atom stereocenters. The minimum Gasteiger partial charge on any atom is -0.371 e. The quantitative estimate of drug-likeness (QED) is 0.630. The Balaban J connectivity index is 1.85. The van der Waals surface area contributed by atoms with Gasteiger partial charge in [-0.1, -0.05) is 11.8 Å². The molecule has 3 rings (SSSR count). The fourth-order valence-corrected chi connectivity index (χ4v) is 3.08. The molecule has 0 spiro atoms. The van der Waals surface area contributed by atoms with Crippen LogP contribution in [0.25, 0.3) is 0 Å². The SMILES string of the molecule is CSc1nc(C(F)F)cc(N2CC(C)OC(C3CC3)C2)n1. The van der Waals surface area contributed by atoms with E-state index in [1.54, 1.807) is 6.26 Å². The summed E-state index contributed by atoms with van der Waals surface area (Å²) < 4.78 is 31.9. The molecule has 2 heterocycles. The first-order valence-corrected chi connectivity index (χ1v) is 8.41. The second kappa shape index (κ2) is 6.04. The van der Waals surface area contributed by atoms with Crippen LogP contribution in [0.15, 0.2) is 11.2 Å². The minimum atomic E-state index is -2.57. The van der Waals surface area contributed by atoms with Gasteiger partial charge in [-0.2, -0.15) is 0 Å². The predicted molar refractivity (Wildman–Crippen MR) is 78.0 cm³/mol. The van der Waals surface area contributed by atoms with E-state index < -0.39 is 6.43 Å².